The van der Waals surface area contributed by atoms with Crippen molar-refractivity contribution >= 4 is 12.2 Å². The Morgan fingerprint density at radius 1 is 0.762 bits per heavy atom. The molecule has 0 heterocycles. The third-order valence-electron chi connectivity index (χ3n) is 4.81. The van der Waals surface area contributed by atoms with E-state index >= 15 is 0 Å². The fourth-order valence-electron chi connectivity index (χ4n) is 3.69. The molecule has 0 saturated carbocycles. The molecule has 0 aliphatic heterocycles. The minimum Gasteiger partial charge on any atom is -1.00 e. The predicted molar refractivity (Wildman–Crippen MR) is 86.7 cm³/mol. The van der Waals surface area contributed by atoms with Crippen molar-refractivity contribution < 1.29 is 31.0 Å². The Morgan fingerprint density at radius 2 is 1.19 bits per heavy atom. The normalized spacial score (nSPS) is 22.5. The second-order valence-corrected chi connectivity index (χ2v) is 5.89. The summed E-state index contributed by atoms with van der Waals surface area (Å²) in [6, 6.07) is 17.6. The molecular weight excluding hydrogens is 263 g/mol. The fraction of sp³-hybridized carbons (Fsp3) is 0.200. The van der Waals surface area contributed by atoms with E-state index in [2.05, 4.69) is 79.8 Å². The standard InChI is InChI=1S/C20H18.Na.H/c1-14(17-12-10-15-6-2-4-8-19(15)17)18-13-11-16-7-3-5-9-20(16)18;;/h2-14,17-18H,1H3;;/q;+1;-1. The maximum Gasteiger partial charge on any atom is 1.00 e. The van der Waals surface area contributed by atoms with E-state index in [0.717, 1.165) is 0 Å². The van der Waals surface area contributed by atoms with E-state index in [1.807, 2.05) is 0 Å². The van der Waals surface area contributed by atoms with Gasteiger partial charge in [0.25, 0.3) is 0 Å². The molecule has 0 amide bonds. The number of fused-ring (bicyclic) bond motifs is 2. The zero-order valence-corrected chi connectivity index (χ0v) is 14.7. The van der Waals surface area contributed by atoms with Crippen molar-refractivity contribution in [3.05, 3.63) is 82.9 Å². The van der Waals surface area contributed by atoms with Gasteiger partial charge in [-0.2, -0.15) is 0 Å². The summed E-state index contributed by atoms with van der Waals surface area (Å²) in [4.78, 5) is 0. The quantitative estimate of drug-likeness (QED) is 0.742. The van der Waals surface area contributed by atoms with E-state index in [1.54, 1.807) is 0 Å². The van der Waals surface area contributed by atoms with E-state index in [0.29, 0.717) is 17.8 Å². The molecule has 0 spiro atoms. The van der Waals surface area contributed by atoms with Crippen LogP contribution in [0.2, 0.25) is 0 Å². The average Bonchev–Trinajstić information content (AvgIpc) is 3.11. The van der Waals surface area contributed by atoms with E-state index in [1.165, 1.54) is 22.3 Å². The van der Waals surface area contributed by atoms with Gasteiger partial charge in [0.05, 0.1) is 0 Å². The summed E-state index contributed by atoms with van der Waals surface area (Å²) in [5.41, 5.74) is 5.75. The molecule has 2 aliphatic rings. The van der Waals surface area contributed by atoms with Crippen molar-refractivity contribution in [2.24, 2.45) is 5.92 Å². The van der Waals surface area contributed by atoms with E-state index in [9.17, 15) is 0 Å². The summed E-state index contributed by atoms with van der Waals surface area (Å²) in [7, 11) is 0. The predicted octanol–water partition coefficient (Wildman–Crippen LogP) is 2.36. The molecule has 100 valence electrons. The number of benzene rings is 2. The average molecular weight is 282 g/mol. The van der Waals surface area contributed by atoms with Crippen molar-refractivity contribution in [2.75, 3.05) is 0 Å². The van der Waals surface area contributed by atoms with Gasteiger partial charge in [0.1, 0.15) is 0 Å². The zero-order valence-electron chi connectivity index (χ0n) is 13.7. The van der Waals surface area contributed by atoms with Crippen LogP contribution in [-0.2, 0) is 0 Å². The van der Waals surface area contributed by atoms with Crippen LogP contribution in [0.4, 0.5) is 0 Å². The third kappa shape index (κ3) is 2.46. The molecule has 2 aromatic rings. The first-order valence-electron chi connectivity index (χ1n) is 7.39. The van der Waals surface area contributed by atoms with Crippen molar-refractivity contribution in [3.63, 3.8) is 0 Å². The Balaban J connectivity index is 0.000000882. The van der Waals surface area contributed by atoms with Gasteiger partial charge < -0.3 is 1.43 Å². The maximum atomic E-state index is 2.38. The first-order chi connectivity index (χ1) is 9.84. The van der Waals surface area contributed by atoms with Crippen LogP contribution >= 0.6 is 0 Å². The molecule has 2 atom stereocenters. The van der Waals surface area contributed by atoms with Crippen molar-refractivity contribution in [1.82, 2.24) is 0 Å². The van der Waals surface area contributed by atoms with Crippen LogP contribution in [0.3, 0.4) is 0 Å². The van der Waals surface area contributed by atoms with Gasteiger partial charge in [0, 0.05) is 11.8 Å². The van der Waals surface area contributed by atoms with Gasteiger partial charge in [-0.05, 0) is 28.2 Å². The minimum absolute atomic E-state index is 0. The molecule has 2 aromatic carbocycles. The number of hydrogen-bond acceptors (Lipinski definition) is 0. The second kappa shape index (κ2) is 5.96. The molecule has 0 aromatic heterocycles. The summed E-state index contributed by atoms with van der Waals surface area (Å²) in [6.45, 7) is 2.38. The van der Waals surface area contributed by atoms with Gasteiger partial charge in [0.15, 0.2) is 0 Å². The molecule has 1 heteroatoms. The smallest absolute Gasteiger partial charge is 1.00 e. The maximum absolute atomic E-state index is 2.38. The molecule has 0 fully saturated rings. The molecule has 0 saturated heterocycles. The molecule has 2 aliphatic carbocycles. The van der Waals surface area contributed by atoms with Gasteiger partial charge >= 0.3 is 29.6 Å². The van der Waals surface area contributed by atoms with E-state index in [4.69, 9.17) is 0 Å². The van der Waals surface area contributed by atoms with E-state index in [-0.39, 0.29) is 31.0 Å². The van der Waals surface area contributed by atoms with Crippen LogP contribution in [0.25, 0.3) is 12.2 Å². The van der Waals surface area contributed by atoms with Crippen LogP contribution in [0.15, 0.2) is 60.7 Å². The Labute approximate surface area is 150 Å². The molecule has 0 N–H and O–H groups in total. The molecule has 4 rings (SSSR count). The number of hydrogen-bond donors (Lipinski definition) is 0. The van der Waals surface area contributed by atoms with Gasteiger partial charge in [-0.15, -0.1) is 0 Å². The Bertz CT molecular complexity index is 656. The molecule has 0 radical (unpaired) electrons. The topological polar surface area (TPSA) is 0 Å². The summed E-state index contributed by atoms with van der Waals surface area (Å²) < 4.78 is 0. The fourth-order valence-corrected chi connectivity index (χ4v) is 3.69. The Kier molecular flexibility index (Phi) is 4.21. The van der Waals surface area contributed by atoms with Crippen LogP contribution < -0.4 is 29.6 Å². The van der Waals surface area contributed by atoms with E-state index < -0.39 is 0 Å². The summed E-state index contributed by atoms with van der Waals surface area (Å²) in [5.74, 6) is 1.66. The first-order valence-corrected chi connectivity index (χ1v) is 7.39. The van der Waals surface area contributed by atoms with Crippen LogP contribution in [0, 0.1) is 5.92 Å². The van der Waals surface area contributed by atoms with Crippen molar-refractivity contribution in [3.8, 4) is 0 Å². The minimum atomic E-state index is 0. The van der Waals surface area contributed by atoms with Crippen molar-refractivity contribution in [2.45, 2.75) is 18.8 Å². The van der Waals surface area contributed by atoms with Gasteiger partial charge in [-0.3, -0.25) is 0 Å². The number of rotatable bonds is 2. The summed E-state index contributed by atoms with van der Waals surface area (Å²) in [6.07, 6.45) is 9.32. The van der Waals surface area contributed by atoms with Crippen molar-refractivity contribution in [1.29, 1.82) is 0 Å². The zero-order chi connectivity index (χ0) is 13.5. The van der Waals surface area contributed by atoms with Gasteiger partial charge in [-0.1, -0.05) is 79.8 Å². The summed E-state index contributed by atoms with van der Waals surface area (Å²) in [5, 5.41) is 0. The van der Waals surface area contributed by atoms with Crippen LogP contribution in [0.5, 0.6) is 0 Å². The van der Waals surface area contributed by atoms with Crippen LogP contribution in [0.1, 0.15) is 42.4 Å². The molecule has 0 nitrogen and oxygen atoms in total. The summed E-state index contributed by atoms with van der Waals surface area (Å²) >= 11 is 0. The molecular formula is C20H19Na. The molecule has 2 unspecified atom stereocenters. The largest absolute Gasteiger partial charge is 1.00 e. The SMILES string of the molecule is CC(C1C=Cc2ccccc21)C1C=Cc2ccccc21.[H-].[Na+]. The third-order valence-corrected chi connectivity index (χ3v) is 4.81. The second-order valence-electron chi connectivity index (χ2n) is 5.89. The van der Waals surface area contributed by atoms with Crippen LogP contribution in [-0.4, -0.2) is 0 Å². The van der Waals surface area contributed by atoms with Gasteiger partial charge in [-0.25, -0.2) is 0 Å². The monoisotopic (exact) mass is 282 g/mol. The first kappa shape index (κ1) is 14.8. The molecule has 0 bridgehead atoms. The molecule has 21 heavy (non-hydrogen) atoms. The Morgan fingerprint density at radius 3 is 1.67 bits per heavy atom. The number of allylic oxidation sites excluding steroid dienone is 2. The van der Waals surface area contributed by atoms with Gasteiger partial charge in [0.2, 0.25) is 0 Å². The Hall–Kier alpha value is -1.08.